The van der Waals surface area contributed by atoms with Crippen LogP contribution in [0, 0.1) is 0 Å². The van der Waals surface area contributed by atoms with Crippen LogP contribution in [0.5, 0.6) is 11.5 Å². The van der Waals surface area contributed by atoms with E-state index in [1.807, 2.05) is 0 Å². The molecular formula is C20H19N3O5S2. The van der Waals surface area contributed by atoms with Gasteiger partial charge in [-0.2, -0.15) is 0 Å². The number of aromatic nitrogens is 1. The third-order valence-corrected chi connectivity index (χ3v) is 6.55. The summed E-state index contributed by atoms with van der Waals surface area (Å²) < 4.78 is 38.1. The maximum atomic E-state index is 12.4. The molecule has 0 saturated heterocycles. The fourth-order valence-electron chi connectivity index (χ4n) is 2.83. The summed E-state index contributed by atoms with van der Waals surface area (Å²) in [6.45, 7) is 0.987. The third kappa shape index (κ3) is 4.89. The van der Waals surface area contributed by atoms with Crippen LogP contribution in [0.1, 0.15) is 12.1 Å². The van der Waals surface area contributed by atoms with Crippen LogP contribution >= 0.6 is 11.3 Å². The minimum Gasteiger partial charge on any atom is -0.486 e. The zero-order chi connectivity index (χ0) is 21.0. The van der Waals surface area contributed by atoms with Crippen LogP contribution in [-0.2, 0) is 21.2 Å². The van der Waals surface area contributed by atoms with E-state index in [0.717, 1.165) is 0 Å². The molecule has 1 aromatic heterocycles. The second-order valence-electron chi connectivity index (χ2n) is 6.47. The fourth-order valence-corrected chi connectivity index (χ4v) is 4.85. The average molecular weight is 446 g/mol. The normalized spacial score (nSPS) is 12.9. The van der Waals surface area contributed by atoms with Crippen molar-refractivity contribution in [1.82, 2.24) is 4.98 Å². The van der Waals surface area contributed by atoms with E-state index in [9.17, 15) is 13.2 Å². The van der Waals surface area contributed by atoms with E-state index in [2.05, 4.69) is 15.0 Å². The van der Waals surface area contributed by atoms with Crippen molar-refractivity contribution in [2.24, 2.45) is 0 Å². The number of ether oxygens (including phenoxy) is 2. The molecule has 0 saturated carbocycles. The quantitative estimate of drug-likeness (QED) is 0.578. The lowest BCUT2D eigenvalue weighted by atomic mass is 10.2. The van der Waals surface area contributed by atoms with Gasteiger partial charge in [-0.15, -0.1) is 11.3 Å². The topological polar surface area (TPSA) is 107 Å². The molecule has 0 atom stereocenters. The van der Waals surface area contributed by atoms with Crippen molar-refractivity contribution < 1.29 is 22.7 Å². The van der Waals surface area contributed by atoms with Crippen LogP contribution in [0.3, 0.4) is 0 Å². The Balaban J connectivity index is 1.31. The van der Waals surface area contributed by atoms with Crippen LogP contribution < -0.4 is 19.5 Å². The Hall–Kier alpha value is -3.11. The Morgan fingerprint density at radius 2 is 1.83 bits per heavy atom. The molecule has 2 N–H and O–H groups in total. The van der Waals surface area contributed by atoms with Crippen molar-refractivity contribution in [3.05, 3.63) is 59.6 Å². The van der Waals surface area contributed by atoms with E-state index < -0.39 is 10.0 Å². The lowest BCUT2D eigenvalue weighted by Crippen LogP contribution is -2.16. The number of carbonyl (C=O) groups excluding carboxylic acids is 1. The van der Waals surface area contributed by atoms with E-state index in [4.69, 9.17) is 9.47 Å². The number of sulfonamides is 1. The smallest absolute Gasteiger partial charge is 0.263 e. The molecule has 10 heteroatoms. The van der Waals surface area contributed by atoms with Crippen LogP contribution in [0.2, 0.25) is 0 Å². The number of benzene rings is 2. The molecule has 1 aliphatic heterocycles. The molecule has 0 spiro atoms. The van der Waals surface area contributed by atoms with Gasteiger partial charge in [0, 0.05) is 23.6 Å². The van der Waals surface area contributed by atoms with Crippen molar-refractivity contribution in [2.75, 3.05) is 23.3 Å². The van der Waals surface area contributed by atoms with Gasteiger partial charge >= 0.3 is 0 Å². The van der Waals surface area contributed by atoms with Gasteiger partial charge in [0.05, 0.1) is 10.6 Å². The zero-order valence-corrected chi connectivity index (χ0v) is 17.5. The number of aryl methyl sites for hydroxylation is 1. The van der Waals surface area contributed by atoms with Gasteiger partial charge in [-0.1, -0.05) is 18.2 Å². The van der Waals surface area contributed by atoms with Crippen LogP contribution in [0.25, 0.3) is 0 Å². The predicted octanol–water partition coefficient (Wildman–Crippen LogP) is 3.29. The summed E-state index contributed by atoms with van der Waals surface area (Å²) in [6.07, 6.45) is 0.600. The van der Waals surface area contributed by atoms with E-state index in [-0.39, 0.29) is 22.4 Å². The number of nitrogens with one attached hydrogen (secondary N) is 2. The number of thiazole rings is 1. The maximum Gasteiger partial charge on any atom is 0.263 e. The summed E-state index contributed by atoms with van der Waals surface area (Å²) in [5, 5.41) is 4.82. The van der Waals surface area contributed by atoms with Crippen LogP contribution in [0.4, 0.5) is 10.8 Å². The molecule has 0 radical (unpaired) electrons. The lowest BCUT2D eigenvalue weighted by Gasteiger charge is -2.19. The Bertz CT molecular complexity index is 1150. The molecular weight excluding hydrogens is 426 g/mol. The van der Waals surface area contributed by atoms with Gasteiger partial charge in [0.1, 0.15) is 13.2 Å². The maximum absolute atomic E-state index is 12.4. The summed E-state index contributed by atoms with van der Waals surface area (Å²) in [7, 11) is -3.68. The molecule has 0 bridgehead atoms. The molecule has 0 aliphatic carbocycles. The summed E-state index contributed by atoms with van der Waals surface area (Å²) in [4.78, 5) is 16.7. The Labute approximate surface area is 177 Å². The van der Waals surface area contributed by atoms with Gasteiger partial charge in [-0.05, 0) is 30.7 Å². The standard InChI is InChI=1S/C20H19N3O5S2/c24-19(21-14-6-8-17-18(12-14)28-11-10-27-17)9-7-15-13-29-20(22-15)23-30(25,26)16-4-2-1-3-5-16/h1-6,8,12-13H,7,9-11H2,(H,21,24)(H,22,23). The summed E-state index contributed by atoms with van der Waals surface area (Å²) >= 11 is 1.18. The molecule has 8 nitrogen and oxygen atoms in total. The second-order valence-corrected chi connectivity index (χ2v) is 9.01. The fraction of sp³-hybridized carbons (Fsp3) is 0.200. The average Bonchev–Trinajstić information content (AvgIpc) is 3.19. The molecule has 0 unspecified atom stereocenters. The first-order chi connectivity index (χ1) is 14.5. The summed E-state index contributed by atoms with van der Waals surface area (Å²) in [5.74, 6) is 1.09. The minimum absolute atomic E-state index is 0.167. The van der Waals surface area contributed by atoms with Crippen LogP contribution in [0.15, 0.2) is 58.8 Å². The van der Waals surface area contributed by atoms with Crippen molar-refractivity contribution in [3.63, 3.8) is 0 Å². The van der Waals surface area contributed by atoms with E-state index in [1.54, 1.807) is 41.8 Å². The SMILES string of the molecule is O=C(CCc1csc(NS(=O)(=O)c2ccccc2)n1)Nc1ccc2c(c1)OCCO2. The predicted molar refractivity (Wildman–Crippen MR) is 114 cm³/mol. The largest absolute Gasteiger partial charge is 0.486 e. The highest BCUT2D eigenvalue weighted by atomic mass is 32.2. The van der Waals surface area contributed by atoms with Crippen molar-refractivity contribution in [2.45, 2.75) is 17.7 Å². The van der Waals surface area contributed by atoms with E-state index in [0.29, 0.717) is 42.5 Å². The number of fused-ring (bicyclic) bond motifs is 1. The number of anilines is 2. The number of rotatable bonds is 7. The molecule has 3 aromatic rings. The zero-order valence-electron chi connectivity index (χ0n) is 15.8. The monoisotopic (exact) mass is 445 g/mol. The van der Waals surface area contributed by atoms with Gasteiger partial charge < -0.3 is 14.8 Å². The highest BCUT2D eigenvalue weighted by molar-refractivity contribution is 7.93. The van der Waals surface area contributed by atoms with Crippen molar-refractivity contribution in [1.29, 1.82) is 0 Å². The first kappa shape index (κ1) is 20.2. The summed E-state index contributed by atoms with van der Waals surface area (Å²) in [6, 6.07) is 13.3. The molecule has 1 amide bonds. The molecule has 2 heterocycles. The van der Waals surface area contributed by atoms with Gasteiger partial charge in [0.15, 0.2) is 16.6 Å². The van der Waals surface area contributed by atoms with Gasteiger partial charge in [-0.3, -0.25) is 9.52 Å². The van der Waals surface area contributed by atoms with Gasteiger partial charge in [-0.25, -0.2) is 13.4 Å². The molecule has 1 aliphatic rings. The van der Waals surface area contributed by atoms with Crippen molar-refractivity contribution >= 4 is 38.1 Å². The number of hydrogen-bond donors (Lipinski definition) is 2. The van der Waals surface area contributed by atoms with E-state index >= 15 is 0 Å². The molecule has 156 valence electrons. The molecule has 2 aromatic carbocycles. The molecule has 4 rings (SSSR count). The summed E-state index contributed by atoms with van der Waals surface area (Å²) in [5.41, 5.74) is 1.27. The molecule has 30 heavy (non-hydrogen) atoms. The van der Waals surface area contributed by atoms with Gasteiger partial charge in [0.25, 0.3) is 10.0 Å². The number of hydrogen-bond acceptors (Lipinski definition) is 7. The Kier molecular flexibility index (Phi) is 5.86. The van der Waals surface area contributed by atoms with Crippen LogP contribution in [-0.4, -0.2) is 32.5 Å². The highest BCUT2D eigenvalue weighted by Crippen LogP contribution is 2.32. The van der Waals surface area contributed by atoms with E-state index in [1.165, 1.54) is 23.5 Å². The first-order valence-corrected chi connectivity index (χ1v) is 11.6. The lowest BCUT2D eigenvalue weighted by molar-refractivity contribution is -0.116. The number of carbonyl (C=O) groups is 1. The highest BCUT2D eigenvalue weighted by Gasteiger charge is 2.16. The second kappa shape index (κ2) is 8.72. The van der Waals surface area contributed by atoms with Crippen molar-refractivity contribution in [3.8, 4) is 11.5 Å². The minimum atomic E-state index is -3.68. The third-order valence-electron chi connectivity index (χ3n) is 4.26. The van der Waals surface area contributed by atoms with Gasteiger partial charge in [0.2, 0.25) is 5.91 Å². The number of amides is 1. The first-order valence-electron chi connectivity index (χ1n) is 9.21. The Morgan fingerprint density at radius 1 is 1.07 bits per heavy atom. The molecule has 0 fully saturated rings. The number of nitrogens with zero attached hydrogens (tertiary/aromatic N) is 1. The Morgan fingerprint density at radius 3 is 2.63 bits per heavy atom.